The molecule has 1 aliphatic carbocycles. The van der Waals surface area contributed by atoms with E-state index in [1.807, 2.05) is 0 Å². The number of carbonyl (C=O) groups excluding carboxylic acids is 2. The van der Waals surface area contributed by atoms with Crippen molar-refractivity contribution in [3.8, 4) is 0 Å². The fourth-order valence-corrected chi connectivity index (χ4v) is 3.16. The Balaban J connectivity index is 0.00000200. The Morgan fingerprint density at radius 1 is 1.10 bits per heavy atom. The summed E-state index contributed by atoms with van der Waals surface area (Å²) in [5.74, 6) is 0.206. The molecule has 3 N–H and O–H groups in total. The lowest BCUT2D eigenvalue weighted by molar-refractivity contribution is -0.130. The van der Waals surface area contributed by atoms with Gasteiger partial charge in [0.1, 0.15) is 6.04 Å². The molecular formula is C14H26ClN3O2. The minimum atomic E-state index is -0.338. The molecule has 0 spiro atoms. The fourth-order valence-electron chi connectivity index (χ4n) is 3.16. The van der Waals surface area contributed by atoms with Gasteiger partial charge in [0, 0.05) is 13.0 Å². The third-order valence-corrected chi connectivity index (χ3v) is 4.20. The third-order valence-electron chi connectivity index (χ3n) is 4.20. The lowest BCUT2D eigenvalue weighted by atomic mass is 9.96. The molecule has 1 saturated heterocycles. The molecule has 1 saturated carbocycles. The predicted octanol–water partition coefficient (Wildman–Crippen LogP) is 0.971. The number of hydrogen-bond acceptors (Lipinski definition) is 3. The average Bonchev–Trinajstić information content (AvgIpc) is 2.90. The molecule has 1 atom stereocenters. The molecule has 0 aromatic heterocycles. The van der Waals surface area contributed by atoms with E-state index >= 15 is 0 Å². The van der Waals surface area contributed by atoms with Crippen LogP contribution in [-0.4, -0.2) is 37.0 Å². The fraction of sp³-hybridized carbons (Fsp3) is 0.857. The van der Waals surface area contributed by atoms with Crippen molar-refractivity contribution in [3.63, 3.8) is 0 Å². The molecule has 1 unspecified atom stereocenters. The van der Waals surface area contributed by atoms with E-state index < -0.39 is 0 Å². The summed E-state index contributed by atoms with van der Waals surface area (Å²) < 4.78 is 0. The van der Waals surface area contributed by atoms with E-state index in [1.165, 1.54) is 19.8 Å². The SMILES string of the molecule is CC(=O)NC(C(=O)NC1CCNCC1)C1CCCC1.Cl. The topological polar surface area (TPSA) is 70.2 Å². The lowest BCUT2D eigenvalue weighted by Gasteiger charge is -2.28. The highest BCUT2D eigenvalue weighted by atomic mass is 35.5. The highest BCUT2D eigenvalue weighted by molar-refractivity contribution is 5.87. The molecule has 0 radical (unpaired) electrons. The van der Waals surface area contributed by atoms with Gasteiger partial charge in [-0.05, 0) is 44.7 Å². The highest BCUT2D eigenvalue weighted by Crippen LogP contribution is 2.28. The van der Waals surface area contributed by atoms with Gasteiger partial charge >= 0.3 is 0 Å². The van der Waals surface area contributed by atoms with Crippen LogP contribution in [0.5, 0.6) is 0 Å². The minimum Gasteiger partial charge on any atom is -0.351 e. The van der Waals surface area contributed by atoms with Crippen LogP contribution in [0, 0.1) is 5.92 Å². The summed E-state index contributed by atoms with van der Waals surface area (Å²) in [5, 5.41) is 9.24. The number of rotatable bonds is 4. The Morgan fingerprint density at radius 3 is 2.25 bits per heavy atom. The Morgan fingerprint density at radius 2 is 1.70 bits per heavy atom. The van der Waals surface area contributed by atoms with E-state index in [4.69, 9.17) is 0 Å². The van der Waals surface area contributed by atoms with Crippen molar-refractivity contribution in [1.82, 2.24) is 16.0 Å². The number of carbonyl (C=O) groups is 2. The zero-order valence-corrected chi connectivity index (χ0v) is 12.9. The molecule has 6 heteroatoms. The van der Waals surface area contributed by atoms with Crippen LogP contribution in [0.3, 0.4) is 0 Å². The van der Waals surface area contributed by atoms with E-state index in [2.05, 4.69) is 16.0 Å². The zero-order chi connectivity index (χ0) is 13.7. The summed E-state index contributed by atoms with van der Waals surface area (Å²) in [6.45, 7) is 3.40. The van der Waals surface area contributed by atoms with Crippen LogP contribution in [0.25, 0.3) is 0 Å². The standard InChI is InChI=1S/C14H25N3O2.ClH/c1-10(18)16-13(11-4-2-3-5-11)14(19)17-12-6-8-15-9-7-12;/h11-13,15H,2-9H2,1H3,(H,16,18)(H,17,19);1H. The first-order valence-corrected chi connectivity index (χ1v) is 7.45. The maximum absolute atomic E-state index is 12.4. The molecule has 20 heavy (non-hydrogen) atoms. The highest BCUT2D eigenvalue weighted by Gasteiger charge is 2.32. The smallest absolute Gasteiger partial charge is 0.243 e. The lowest BCUT2D eigenvalue weighted by Crippen LogP contribution is -2.53. The van der Waals surface area contributed by atoms with Crippen molar-refractivity contribution >= 4 is 24.2 Å². The van der Waals surface area contributed by atoms with Crippen molar-refractivity contribution in [3.05, 3.63) is 0 Å². The van der Waals surface area contributed by atoms with Gasteiger partial charge in [-0.1, -0.05) is 12.8 Å². The molecule has 1 aliphatic heterocycles. The molecule has 1 heterocycles. The number of halogens is 1. The van der Waals surface area contributed by atoms with Crippen molar-refractivity contribution < 1.29 is 9.59 Å². The predicted molar refractivity (Wildman–Crippen MR) is 80.8 cm³/mol. The van der Waals surface area contributed by atoms with Crippen LogP contribution in [0.2, 0.25) is 0 Å². The van der Waals surface area contributed by atoms with E-state index in [9.17, 15) is 9.59 Å². The minimum absolute atomic E-state index is 0. The molecular weight excluding hydrogens is 278 g/mol. The van der Waals surface area contributed by atoms with Crippen LogP contribution >= 0.6 is 12.4 Å². The zero-order valence-electron chi connectivity index (χ0n) is 12.1. The summed E-state index contributed by atoms with van der Waals surface area (Å²) in [4.78, 5) is 23.7. The second-order valence-electron chi connectivity index (χ2n) is 5.76. The largest absolute Gasteiger partial charge is 0.351 e. The molecule has 2 fully saturated rings. The third kappa shape index (κ3) is 4.94. The van der Waals surface area contributed by atoms with E-state index in [1.54, 1.807) is 0 Å². The van der Waals surface area contributed by atoms with Gasteiger partial charge in [-0.3, -0.25) is 9.59 Å². The Kier molecular flexibility index (Phi) is 7.30. The van der Waals surface area contributed by atoms with Crippen molar-refractivity contribution in [2.75, 3.05) is 13.1 Å². The molecule has 0 aromatic carbocycles. The van der Waals surface area contributed by atoms with Crippen LogP contribution in [-0.2, 0) is 9.59 Å². The van der Waals surface area contributed by atoms with Gasteiger partial charge in [-0.2, -0.15) is 0 Å². The van der Waals surface area contributed by atoms with E-state index in [-0.39, 0.29) is 36.3 Å². The Bertz CT molecular complexity index is 326. The summed E-state index contributed by atoms with van der Waals surface area (Å²) in [7, 11) is 0. The second-order valence-corrected chi connectivity index (χ2v) is 5.76. The average molecular weight is 304 g/mol. The van der Waals surface area contributed by atoms with Gasteiger partial charge in [0.15, 0.2) is 0 Å². The van der Waals surface area contributed by atoms with E-state index in [0.29, 0.717) is 5.92 Å². The van der Waals surface area contributed by atoms with Crippen LogP contribution < -0.4 is 16.0 Å². The van der Waals surface area contributed by atoms with Gasteiger partial charge in [-0.25, -0.2) is 0 Å². The first-order valence-electron chi connectivity index (χ1n) is 7.45. The first kappa shape index (κ1) is 17.2. The van der Waals surface area contributed by atoms with Crippen LogP contribution in [0.1, 0.15) is 45.4 Å². The van der Waals surface area contributed by atoms with Crippen molar-refractivity contribution in [2.45, 2.75) is 57.5 Å². The summed E-state index contributed by atoms with van der Waals surface area (Å²) in [5.41, 5.74) is 0. The van der Waals surface area contributed by atoms with Gasteiger partial charge in [0.05, 0.1) is 0 Å². The number of hydrogen-bond donors (Lipinski definition) is 3. The first-order chi connectivity index (χ1) is 9.16. The maximum atomic E-state index is 12.4. The number of amides is 2. The monoisotopic (exact) mass is 303 g/mol. The van der Waals surface area contributed by atoms with Crippen LogP contribution in [0.15, 0.2) is 0 Å². The molecule has 2 amide bonds. The molecule has 0 bridgehead atoms. The Hall–Kier alpha value is -0.810. The van der Waals surface area contributed by atoms with Crippen molar-refractivity contribution in [1.29, 1.82) is 0 Å². The van der Waals surface area contributed by atoms with Gasteiger partial charge in [0.2, 0.25) is 11.8 Å². The van der Waals surface area contributed by atoms with E-state index in [0.717, 1.165) is 38.8 Å². The maximum Gasteiger partial charge on any atom is 0.243 e. The quantitative estimate of drug-likeness (QED) is 0.725. The second kappa shape index (κ2) is 8.47. The molecule has 0 aromatic rings. The molecule has 5 nitrogen and oxygen atoms in total. The number of nitrogens with one attached hydrogen (secondary N) is 3. The normalized spacial score (nSPS) is 21.9. The summed E-state index contributed by atoms with van der Waals surface area (Å²) in [6.07, 6.45) is 6.38. The molecule has 2 rings (SSSR count). The number of piperidine rings is 1. The van der Waals surface area contributed by atoms with Gasteiger partial charge < -0.3 is 16.0 Å². The summed E-state index contributed by atoms with van der Waals surface area (Å²) >= 11 is 0. The Labute approximate surface area is 127 Å². The molecule has 2 aliphatic rings. The molecule has 116 valence electrons. The van der Waals surface area contributed by atoms with Crippen molar-refractivity contribution in [2.24, 2.45) is 5.92 Å². The van der Waals surface area contributed by atoms with Crippen LogP contribution in [0.4, 0.5) is 0 Å². The van der Waals surface area contributed by atoms with Gasteiger partial charge in [-0.15, -0.1) is 12.4 Å². The summed E-state index contributed by atoms with van der Waals surface area (Å²) in [6, 6.07) is -0.0821. The van der Waals surface area contributed by atoms with Gasteiger partial charge in [0.25, 0.3) is 0 Å².